The quantitative estimate of drug-likeness (QED) is 0.872. The molecule has 0 spiro atoms. The third-order valence-corrected chi connectivity index (χ3v) is 5.14. The van der Waals surface area contributed by atoms with Crippen LogP contribution in [0.2, 0.25) is 0 Å². The lowest BCUT2D eigenvalue weighted by molar-refractivity contribution is -0.139. The maximum atomic E-state index is 12.9. The highest BCUT2D eigenvalue weighted by Gasteiger charge is 2.33. The van der Waals surface area contributed by atoms with Gasteiger partial charge in [0.25, 0.3) is 0 Å². The Balaban J connectivity index is 1.66. The zero-order valence-electron chi connectivity index (χ0n) is 12.9. The molecule has 3 nitrogen and oxygen atoms in total. The second kappa shape index (κ2) is 6.61. The van der Waals surface area contributed by atoms with E-state index in [9.17, 15) is 4.79 Å². The van der Waals surface area contributed by atoms with Gasteiger partial charge in [0.05, 0.1) is 0 Å². The molecule has 1 heterocycles. The zero-order chi connectivity index (χ0) is 14.7. The molecule has 1 saturated heterocycles. The van der Waals surface area contributed by atoms with E-state index in [1.165, 1.54) is 24.8 Å². The van der Waals surface area contributed by atoms with Crippen LogP contribution in [0.15, 0.2) is 30.3 Å². The molecule has 0 radical (unpaired) electrons. The second-order valence-corrected chi connectivity index (χ2v) is 6.71. The number of hydrogen-bond donors (Lipinski definition) is 1. The molecule has 1 unspecified atom stereocenters. The molecule has 0 bridgehead atoms. The molecule has 0 aromatic heterocycles. The van der Waals surface area contributed by atoms with Crippen molar-refractivity contribution in [3.8, 4) is 0 Å². The van der Waals surface area contributed by atoms with Crippen molar-refractivity contribution in [2.24, 2.45) is 17.8 Å². The minimum absolute atomic E-state index is 0.148. The average molecular weight is 286 g/mol. The first kappa shape index (κ1) is 14.6. The molecule has 1 atom stereocenters. The van der Waals surface area contributed by atoms with Crippen molar-refractivity contribution in [1.29, 1.82) is 0 Å². The summed E-state index contributed by atoms with van der Waals surface area (Å²) in [5.74, 6) is 1.74. The lowest BCUT2D eigenvalue weighted by Gasteiger charge is -2.38. The number of nitrogens with zero attached hydrogens (tertiary/aromatic N) is 1. The Labute approximate surface area is 127 Å². The highest BCUT2D eigenvalue weighted by molar-refractivity contribution is 5.79. The van der Waals surface area contributed by atoms with Gasteiger partial charge in [0.1, 0.15) is 0 Å². The fourth-order valence-electron chi connectivity index (χ4n) is 3.18. The molecular weight excluding hydrogens is 260 g/mol. The lowest BCUT2D eigenvalue weighted by Crippen LogP contribution is -2.51. The van der Waals surface area contributed by atoms with Crippen molar-refractivity contribution in [1.82, 2.24) is 10.2 Å². The molecule has 114 valence electrons. The normalized spacial score (nSPS) is 20.4. The Hall–Kier alpha value is -1.35. The van der Waals surface area contributed by atoms with Gasteiger partial charge >= 0.3 is 0 Å². The zero-order valence-corrected chi connectivity index (χ0v) is 12.9. The van der Waals surface area contributed by atoms with Crippen LogP contribution in [0.25, 0.3) is 0 Å². The van der Waals surface area contributed by atoms with Gasteiger partial charge in [0, 0.05) is 19.0 Å². The number of rotatable bonds is 6. The number of hydrogen-bond acceptors (Lipinski definition) is 2. The molecule has 1 aliphatic heterocycles. The maximum Gasteiger partial charge on any atom is 0.226 e. The van der Waals surface area contributed by atoms with Crippen LogP contribution in [0, 0.1) is 17.8 Å². The summed E-state index contributed by atoms with van der Waals surface area (Å²) in [5.41, 5.74) is 1.24. The minimum atomic E-state index is 0.148. The monoisotopic (exact) mass is 286 g/mol. The molecule has 1 amide bonds. The smallest absolute Gasteiger partial charge is 0.226 e. The molecule has 21 heavy (non-hydrogen) atoms. The SMILES string of the molecule is CC(C(=O)N(Cc1ccccc1)CC1CCC1)C1CNC1. The summed E-state index contributed by atoms with van der Waals surface area (Å²) in [6.45, 7) is 5.80. The van der Waals surface area contributed by atoms with Crippen molar-refractivity contribution in [3.63, 3.8) is 0 Å². The highest BCUT2D eigenvalue weighted by Crippen LogP contribution is 2.29. The van der Waals surface area contributed by atoms with Gasteiger partial charge < -0.3 is 10.2 Å². The Morgan fingerprint density at radius 1 is 1.29 bits per heavy atom. The van der Waals surface area contributed by atoms with Gasteiger partial charge in [0.2, 0.25) is 5.91 Å². The van der Waals surface area contributed by atoms with Gasteiger partial charge in [-0.15, -0.1) is 0 Å². The summed E-state index contributed by atoms with van der Waals surface area (Å²) in [5, 5.41) is 3.28. The molecule has 1 saturated carbocycles. The van der Waals surface area contributed by atoms with Crippen molar-refractivity contribution < 1.29 is 4.79 Å². The maximum absolute atomic E-state index is 12.9. The number of amides is 1. The fourth-order valence-corrected chi connectivity index (χ4v) is 3.18. The van der Waals surface area contributed by atoms with E-state index in [-0.39, 0.29) is 5.92 Å². The standard InChI is InChI=1S/C18H26N2O/c1-14(17-10-19-11-17)18(21)20(13-16-8-5-9-16)12-15-6-3-2-4-7-15/h2-4,6-7,14,16-17,19H,5,8-13H2,1H3. The van der Waals surface area contributed by atoms with Gasteiger partial charge in [0.15, 0.2) is 0 Å². The van der Waals surface area contributed by atoms with Crippen molar-refractivity contribution in [2.75, 3.05) is 19.6 Å². The van der Waals surface area contributed by atoms with Gasteiger partial charge in [-0.1, -0.05) is 43.7 Å². The van der Waals surface area contributed by atoms with Crippen LogP contribution in [0.4, 0.5) is 0 Å². The lowest BCUT2D eigenvalue weighted by atomic mass is 9.83. The number of carbonyl (C=O) groups excluding carboxylic acids is 1. The molecule has 1 aromatic carbocycles. The summed E-state index contributed by atoms with van der Waals surface area (Å²) >= 11 is 0. The molecule has 1 N–H and O–H groups in total. The summed E-state index contributed by atoms with van der Waals surface area (Å²) < 4.78 is 0. The molecule has 2 aliphatic rings. The molecular formula is C18H26N2O. The number of nitrogens with one attached hydrogen (secondary N) is 1. The van der Waals surface area contributed by atoms with Crippen LogP contribution >= 0.6 is 0 Å². The van der Waals surface area contributed by atoms with Crippen molar-refractivity contribution >= 4 is 5.91 Å². The van der Waals surface area contributed by atoms with Crippen LogP contribution in [-0.4, -0.2) is 30.4 Å². The molecule has 2 fully saturated rings. The predicted octanol–water partition coefficient (Wildman–Crippen LogP) is 2.67. The first-order chi connectivity index (χ1) is 10.2. The Morgan fingerprint density at radius 3 is 2.52 bits per heavy atom. The van der Waals surface area contributed by atoms with E-state index in [0.29, 0.717) is 11.8 Å². The summed E-state index contributed by atoms with van der Waals surface area (Å²) in [6.07, 6.45) is 3.91. The Kier molecular flexibility index (Phi) is 4.59. The Morgan fingerprint density at radius 2 is 2.00 bits per heavy atom. The average Bonchev–Trinajstić information content (AvgIpc) is 2.39. The molecule has 1 aliphatic carbocycles. The van der Waals surface area contributed by atoms with Crippen LogP contribution in [-0.2, 0) is 11.3 Å². The first-order valence-corrected chi connectivity index (χ1v) is 8.27. The van der Waals surface area contributed by atoms with Crippen molar-refractivity contribution in [3.05, 3.63) is 35.9 Å². The van der Waals surface area contributed by atoms with Gasteiger partial charge in [-0.3, -0.25) is 4.79 Å². The Bertz CT molecular complexity index is 465. The van der Waals surface area contributed by atoms with Gasteiger partial charge in [-0.25, -0.2) is 0 Å². The highest BCUT2D eigenvalue weighted by atomic mass is 16.2. The van der Waals surface area contributed by atoms with E-state index < -0.39 is 0 Å². The van der Waals surface area contributed by atoms with E-state index in [4.69, 9.17) is 0 Å². The summed E-state index contributed by atoms with van der Waals surface area (Å²) in [4.78, 5) is 15.0. The number of benzene rings is 1. The van der Waals surface area contributed by atoms with Crippen molar-refractivity contribution in [2.45, 2.75) is 32.7 Å². The molecule has 3 heteroatoms. The van der Waals surface area contributed by atoms with Crippen LogP contribution < -0.4 is 5.32 Å². The van der Waals surface area contributed by atoms with E-state index in [1.807, 2.05) is 6.07 Å². The largest absolute Gasteiger partial charge is 0.338 e. The van der Waals surface area contributed by atoms with Crippen LogP contribution in [0.5, 0.6) is 0 Å². The third-order valence-electron chi connectivity index (χ3n) is 5.14. The minimum Gasteiger partial charge on any atom is -0.338 e. The summed E-state index contributed by atoms with van der Waals surface area (Å²) in [7, 11) is 0. The van der Waals surface area contributed by atoms with E-state index in [0.717, 1.165) is 32.1 Å². The third kappa shape index (κ3) is 3.46. The molecule has 1 aromatic rings. The predicted molar refractivity (Wildman–Crippen MR) is 84.7 cm³/mol. The van der Waals surface area contributed by atoms with E-state index in [1.54, 1.807) is 0 Å². The first-order valence-electron chi connectivity index (χ1n) is 8.27. The summed E-state index contributed by atoms with van der Waals surface area (Å²) in [6, 6.07) is 10.4. The molecule has 3 rings (SSSR count). The topological polar surface area (TPSA) is 32.3 Å². The van der Waals surface area contributed by atoms with Crippen LogP contribution in [0.3, 0.4) is 0 Å². The number of carbonyl (C=O) groups is 1. The van der Waals surface area contributed by atoms with Gasteiger partial charge in [-0.05, 0) is 43.3 Å². The van der Waals surface area contributed by atoms with Crippen LogP contribution in [0.1, 0.15) is 31.7 Å². The van der Waals surface area contributed by atoms with E-state index >= 15 is 0 Å². The fraction of sp³-hybridized carbons (Fsp3) is 0.611. The second-order valence-electron chi connectivity index (χ2n) is 6.71. The van der Waals surface area contributed by atoms with Gasteiger partial charge in [-0.2, -0.15) is 0 Å². The van der Waals surface area contributed by atoms with E-state index in [2.05, 4.69) is 41.4 Å².